The highest BCUT2D eigenvalue weighted by Gasteiger charge is 2.26. The summed E-state index contributed by atoms with van der Waals surface area (Å²) in [6.45, 7) is 16.8. The molecule has 2 aromatic heterocycles. The Kier molecular flexibility index (Phi) is 8.41. The van der Waals surface area contributed by atoms with Gasteiger partial charge in [0.05, 0.1) is 16.8 Å². The van der Waals surface area contributed by atoms with E-state index in [1.165, 1.54) is 0 Å². The average Bonchev–Trinajstić information content (AvgIpc) is 3.67. The minimum atomic E-state index is -0.118. The van der Waals surface area contributed by atoms with E-state index in [1.54, 1.807) is 0 Å². The van der Waals surface area contributed by atoms with Gasteiger partial charge in [0, 0.05) is 33.5 Å². The Bertz CT molecular complexity index is 1890. The van der Waals surface area contributed by atoms with Crippen molar-refractivity contribution in [2.75, 3.05) is 0 Å². The normalized spacial score (nSPS) is 17.5. The summed E-state index contributed by atoms with van der Waals surface area (Å²) in [6, 6.07) is 10.4. The number of aromatic nitrogens is 2. The molecule has 2 amide bonds. The molecule has 3 aromatic rings. The molecule has 222 valence electrons. The zero-order chi connectivity index (χ0) is 31.0. The molecule has 6 nitrogen and oxygen atoms in total. The Hall–Kier alpha value is -4.45. The van der Waals surface area contributed by atoms with Gasteiger partial charge < -0.3 is 15.3 Å². The largest absolute Gasteiger partial charge is 0.354 e. The zero-order valence-corrected chi connectivity index (χ0v) is 26.6. The maximum absolute atomic E-state index is 12.6. The van der Waals surface area contributed by atoms with Crippen molar-refractivity contribution in [3.63, 3.8) is 0 Å². The Labute approximate surface area is 254 Å². The minimum absolute atomic E-state index is 0.00487. The van der Waals surface area contributed by atoms with Gasteiger partial charge >= 0.3 is 0 Å². The van der Waals surface area contributed by atoms with Crippen molar-refractivity contribution in [3.05, 3.63) is 108 Å². The summed E-state index contributed by atoms with van der Waals surface area (Å²) in [7, 11) is 0. The molecule has 6 heteroatoms. The summed E-state index contributed by atoms with van der Waals surface area (Å²) in [5.41, 5.74) is 14.2. The second kappa shape index (κ2) is 12.0. The van der Waals surface area contributed by atoms with Gasteiger partial charge in [-0.05, 0) is 104 Å². The number of aromatic amines is 2. The lowest BCUT2D eigenvalue weighted by atomic mass is 9.97. The lowest BCUT2D eigenvalue weighted by molar-refractivity contribution is -0.116. The van der Waals surface area contributed by atoms with Crippen molar-refractivity contribution in [2.45, 2.75) is 81.1 Å². The molecule has 2 aliphatic heterocycles. The van der Waals surface area contributed by atoms with Crippen molar-refractivity contribution < 1.29 is 9.59 Å². The molecule has 0 atom stereocenters. The Morgan fingerprint density at radius 3 is 2.00 bits per heavy atom. The molecule has 0 unspecified atom stereocenters. The molecule has 0 saturated carbocycles. The van der Waals surface area contributed by atoms with E-state index in [-0.39, 0.29) is 11.8 Å². The van der Waals surface area contributed by atoms with Gasteiger partial charge in [0.2, 0.25) is 0 Å². The molecule has 3 N–H and O–H groups in total. The van der Waals surface area contributed by atoms with Crippen molar-refractivity contribution >= 4 is 35.3 Å². The maximum atomic E-state index is 12.6. The van der Waals surface area contributed by atoms with E-state index in [1.807, 2.05) is 26.0 Å². The van der Waals surface area contributed by atoms with Crippen LogP contribution in [0.1, 0.15) is 92.6 Å². The topological polar surface area (TPSA) is 90.1 Å². The van der Waals surface area contributed by atoms with Gasteiger partial charge in [0.15, 0.2) is 0 Å². The van der Waals surface area contributed by atoms with Crippen molar-refractivity contribution in [1.82, 2.24) is 15.3 Å². The molecular weight excluding hydrogens is 532 g/mol. The van der Waals surface area contributed by atoms with Crippen LogP contribution < -0.4 is 16.0 Å². The van der Waals surface area contributed by atoms with E-state index in [0.717, 1.165) is 102 Å². The van der Waals surface area contributed by atoms with E-state index in [2.05, 4.69) is 92.2 Å². The van der Waals surface area contributed by atoms with Crippen LogP contribution in [0, 0.1) is 27.7 Å². The number of amides is 2. The number of hydrogen-bond donors (Lipinski definition) is 3. The fourth-order valence-electron chi connectivity index (χ4n) is 6.39. The molecule has 0 saturated heterocycles. The standard InChI is InChI=1S/C37H42N4O2/c1-9-25-27(11-3)36(42)40-31(25)18-29-20(5)22(7)34(38-29)33(24-16-14-13-15-17-24)35-23(8)21(6)30(39-35)19-32-26(10-2)28(12-4)37(43)41-32/h13-19,38-39H,9-12H2,1-8H3,(H,40,42)/b30-19-,31-18-,35-33+. The first-order valence-electron chi connectivity index (χ1n) is 15.4. The lowest BCUT2D eigenvalue weighted by Crippen LogP contribution is -2.18. The van der Waals surface area contributed by atoms with Crippen LogP contribution in [0.4, 0.5) is 0 Å². The number of benzene rings is 1. The van der Waals surface area contributed by atoms with Crippen LogP contribution in [0.3, 0.4) is 0 Å². The first-order valence-corrected chi connectivity index (χ1v) is 15.4. The minimum Gasteiger partial charge on any atom is -0.354 e. The fourth-order valence-corrected chi connectivity index (χ4v) is 6.39. The second-order valence-corrected chi connectivity index (χ2v) is 11.4. The molecule has 0 radical (unpaired) electrons. The molecule has 1 aromatic carbocycles. The van der Waals surface area contributed by atoms with Crippen LogP contribution in [0.25, 0.3) is 17.7 Å². The molecule has 43 heavy (non-hydrogen) atoms. The van der Waals surface area contributed by atoms with Gasteiger partial charge in [0.1, 0.15) is 0 Å². The third-order valence-corrected chi connectivity index (χ3v) is 9.11. The van der Waals surface area contributed by atoms with Crippen LogP contribution >= 0.6 is 0 Å². The highest BCUT2D eigenvalue weighted by molar-refractivity contribution is 6.31. The molecule has 5 rings (SSSR count). The highest BCUT2D eigenvalue weighted by Crippen LogP contribution is 2.32. The van der Waals surface area contributed by atoms with Gasteiger partial charge in [-0.15, -0.1) is 0 Å². The maximum Gasteiger partial charge on any atom is 0.273 e. The number of rotatable bonds is 8. The number of nitrogens with one attached hydrogen (secondary N) is 3. The van der Waals surface area contributed by atoms with Gasteiger partial charge in [-0.3, -0.25) is 9.59 Å². The van der Waals surface area contributed by atoms with Crippen LogP contribution in [0.5, 0.6) is 0 Å². The highest BCUT2D eigenvalue weighted by atomic mass is 16.2. The Morgan fingerprint density at radius 2 is 1.37 bits per heavy atom. The molecule has 0 spiro atoms. The summed E-state index contributed by atoms with van der Waals surface area (Å²) >= 11 is 0. The molecular formula is C37H42N4O2. The summed E-state index contributed by atoms with van der Waals surface area (Å²) in [5, 5.41) is 5.08. The summed E-state index contributed by atoms with van der Waals surface area (Å²) in [5.74, 6) is -0.113. The first-order chi connectivity index (χ1) is 20.6. The summed E-state index contributed by atoms with van der Waals surface area (Å²) in [6.07, 6.45) is 7.08. The van der Waals surface area contributed by atoms with Crippen molar-refractivity contribution in [3.8, 4) is 0 Å². The Morgan fingerprint density at radius 1 is 0.721 bits per heavy atom. The number of H-pyrrole nitrogens is 2. The van der Waals surface area contributed by atoms with Crippen LogP contribution in [-0.4, -0.2) is 27.5 Å². The fraction of sp³-hybridized carbons (Fsp3) is 0.324. The smallest absolute Gasteiger partial charge is 0.273 e. The predicted molar refractivity (Wildman–Crippen MR) is 176 cm³/mol. The van der Waals surface area contributed by atoms with E-state index >= 15 is 0 Å². The zero-order valence-electron chi connectivity index (χ0n) is 26.6. The van der Waals surface area contributed by atoms with E-state index in [9.17, 15) is 9.59 Å². The van der Waals surface area contributed by atoms with Crippen LogP contribution in [0.2, 0.25) is 0 Å². The van der Waals surface area contributed by atoms with Crippen molar-refractivity contribution in [1.29, 1.82) is 0 Å². The second-order valence-electron chi connectivity index (χ2n) is 11.4. The number of hydrogen-bond acceptors (Lipinski definition) is 2. The van der Waals surface area contributed by atoms with E-state index in [0.29, 0.717) is 12.8 Å². The lowest BCUT2D eigenvalue weighted by Gasteiger charge is -2.09. The third kappa shape index (κ3) is 5.20. The average molecular weight is 575 g/mol. The van der Waals surface area contributed by atoms with Crippen LogP contribution in [0.15, 0.2) is 63.3 Å². The first kappa shape index (κ1) is 30.0. The third-order valence-electron chi connectivity index (χ3n) is 9.11. The molecule has 0 fully saturated rings. The molecule has 4 heterocycles. The van der Waals surface area contributed by atoms with E-state index in [4.69, 9.17) is 0 Å². The van der Waals surface area contributed by atoms with Gasteiger partial charge in [-0.25, -0.2) is 4.99 Å². The number of allylic oxidation sites excluding steroid dienone is 2. The predicted octanol–water partition coefficient (Wildman–Crippen LogP) is 6.29. The number of aliphatic imine (C=N–C) groups is 1. The number of carbonyl (C=O) groups is 2. The van der Waals surface area contributed by atoms with Gasteiger partial charge in [-0.1, -0.05) is 58.0 Å². The summed E-state index contributed by atoms with van der Waals surface area (Å²) < 4.78 is 0. The molecule has 0 aliphatic carbocycles. The van der Waals surface area contributed by atoms with Gasteiger partial charge in [0.25, 0.3) is 11.8 Å². The van der Waals surface area contributed by atoms with Crippen molar-refractivity contribution in [2.24, 2.45) is 4.99 Å². The van der Waals surface area contributed by atoms with E-state index < -0.39 is 0 Å². The van der Waals surface area contributed by atoms with Gasteiger partial charge in [-0.2, -0.15) is 0 Å². The number of carbonyl (C=O) groups excluding carboxylic acids is 2. The molecule has 0 bridgehead atoms. The Balaban J connectivity index is 1.75. The quantitative estimate of drug-likeness (QED) is 0.295. The van der Waals surface area contributed by atoms with Crippen LogP contribution in [-0.2, 0) is 9.59 Å². The SMILES string of the molecule is CCC1=C(CC)C(/C=c2\[nH]/c(=C(\c3ccccc3)c3[nH]c(/C=C4\NC(=O)C(CC)=C4CC)c(C)c3C)c(C)c2C)=NC1=O. The molecule has 2 aliphatic rings. The number of nitrogens with zero attached hydrogens (tertiary/aromatic N) is 1. The summed E-state index contributed by atoms with van der Waals surface area (Å²) in [4.78, 5) is 37.1. The monoisotopic (exact) mass is 574 g/mol.